The lowest BCUT2D eigenvalue weighted by atomic mass is 10.2. The molecule has 0 saturated carbocycles. The highest BCUT2D eigenvalue weighted by Crippen LogP contribution is 2.15. The summed E-state index contributed by atoms with van der Waals surface area (Å²) in [7, 11) is 1.98. The number of nitrogens with one attached hydrogen (secondary N) is 1. The van der Waals surface area contributed by atoms with E-state index in [1.807, 2.05) is 66.0 Å². The number of carbonyl (C=O) groups is 2. The first-order chi connectivity index (χ1) is 15.4. The Hall–Kier alpha value is -2.32. The molecule has 32 heavy (non-hydrogen) atoms. The second-order valence-electron chi connectivity index (χ2n) is 7.69. The molecule has 0 radical (unpaired) electrons. The van der Waals surface area contributed by atoms with Crippen LogP contribution in [0.25, 0.3) is 0 Å². The van der Waals surface area contributed by atoms with Crippen LogP contribution in [0.2, 0.25) is 0 Å². The van der Waals surface area contributed by atoms with Crippen LogP contribution in [0.4, 0.5) is 10.5 Å². The Morgan fingerprint density at radius 2 is 1.78 bits per heavy atom. The smallest absolute Gasteiger partial charge is 0.322 e. The number of hydrogen-bond acceptors (Lipinski definition) is 3. The van der Waals surface area contributed by atoms with E-state index in [4.69, 9.17) is 4.74 Å². The average molecular weight is 507 g/mol. The van der Waals surface area contributed by atoms with Crippen molar-refractivity contribution in [1.29, 1.82) is 0 Å². The Morgan fingerprint density at radius 1 is 1.06 bits per heavy atom. The van der Waals surface area contributed by atoms with Gasteiger partial charge in [0, 0.05) is 55.4 Å². The van der Waals surface area contributed by atoms with E-state index in [9.17, 15) is 9.59 Å². The molecular weight excluding hydrogens is 472 g/mol. The molecule has 0 spiro atoms. The van der Waals surface area contributed by atoms with Gasteiger partial charge in [0.05, 0.1) is 6.54 Å². The molecule has 0 atom stereocenters. The fraction of sp³-hybridized carbons (Fsp3) is 0.500. The molecular formula is C24H35BrN4O3. The van der Waals surface area contributed by atoms with E-state index < -0.39 is 0 Å². The van der Waals surface area contributed by atoms with E-state index >= 15 is 0 Å². The average Bonchev–Trinajstić information content (AvgIpc) is 3.19. The van der Waals surface area contributed by atoms with Crippen LogP contribution in [0.3, 0.4) is 0 Å². The molecule has 0 aliphatic heterocycles. The fourth-order valence-corrected chi connectivity index (χ4v) is 3.51. The molecule has 2 rings (SSSR count). The van der Waals surface area contributed by atoms with Gasteiger partial charge in [0.1, 0.15) is 6.54 Å². The minimum absolute atomic E-state index is 0.0304. The molecule has 2 aromatic rings. The summed E-state index contributed by atoms with van der Waals surface area (Å²) in [6, 6.07) is 11.1. The number of urea groups is 1. The topological polar surface area (TPSA) is 66.8 Å². The molecule has 1 aromatic carbocycles. The van der Waals surface area contributed by atoms with Crippen molar-refractivity contribution in [3.05, 3.63) is 52.8 Å². The Balaban J connectivity index is 2.08. The maximum Gasteiger partial charge on any atom is 0.322 e. The van der Waals surface area contributed by atoms with Gasteiger partial charge < -0.3 is 24.4 Å². The van der Waals surface area contributed by atoms with Gasteiger partial charge in [-0.15, -0.1) is 0 Å². The van der Waals surface area contributed by atoms with Gasteiger partial charge in [0.25, 0.3) is 0 Å². The molecule has 0 aliphatic carbocycles. The van der Waals surface area contributed by atoms with Gasteiger partial charge in [0.15, 0.2) is 0 Å². The molecule has 176 valence electrons. The third-order valence-corrected chi connectivity index (χ3v) is 5.70. The van der Waals surface area contributed by atoms with Crippen molar-refractivity contribution < 1.29 is 14.3 Å². The zero-order valence-corrected chi connectivity index (χ0v) is 20.9. The van der Waals surface area contributed by atoms with Crippen molar-refractivity contribution in [3.8, 4) is 0 Å². The minimum Gasteiger partial charge on any atom is -0.382 e. The third-order valence-electron chi connectivity index (χ3n) is 5.17. The predicted octanol–water partition coefficient (Wildman–Crippen LogP) is 4.88. The number of halogens is 1. The summed E-state index contributed by atoms with van der Waals surface area (Å²) in [5, 5.41) is 2.90. The highest BCUT2D eigenvalue weighted by atomic mass is 79.9. The minimum atomic E-state index is -0.286. The molecule has 3 amide bonds. The summed E-state index contributed by atoms with van der Waals surface area (Å²) >= 11 is 3.40. The molecule has 1 heterocycles. The maximum absolute atomic E-state index is 13.2. The largest absolute Gasteiger partial charge is 0.382 e. The Labute approximate surface area is 199 Å². The van der Waals surface area contributed by atoms with Crippen molar-refractivity contribution in [3.63, 3.8) is 0 Å². The van der Waals surface area contributed by atoms with E-state index in [-0.39, 0.29) is 18.5 Å². The van der Waals surface area contributed by atoms with Crippen molar-refractivity contribution in [2.75, 3.05) is 38.2 Å². The van der Waals surface area contributed by atoms with Crippen LogP contribution in [-0.4, -0.2) is 59.2 Å². The molecule has 1 aromatic heterocycles. The van der Waals surface area contributed by atoms with Gasteiger partial charge in [-0.2, -0.15) is 0 Å². The molecule has 0 saturated heterocycles. The van der Waals surface area contributed by atoms with Crippen molar-refractivity contribution in [2.24, 2.45) is 7.05 Å². The molecule has 1 N–H and O–H groups in total. The summed E-state index contributed by atoms with van der Waals surface area (Å²) < 4.78 is 8.38. The van der Waals surface area contributed by atoms with Crippen LogP contribution in [0.1, 0.15) is 38.8 Å². The third kappa shape index (κ3) is 8.67. The number of aromatic nitrogens is 1. The van der Waals surface area contributed by atoms with Gasteiger partial charge in [-0.25, -0.2) is 4.79 Å². The lowest BCUT2D eigenvalue weighted by Crippen LogP contribution is -2.45. The summed E-state index contributed by atoms with van der Waals surface area (Å²) in [4.78, 5) is 29.7. The normalized spacial score (nSPS) is 10.8. The zero-order chi connectivity index (χ0) is 23.3. The summed E-state index contributed by atoms with van der Waals surface area (Å²) in [6.45, 7) is 6.91. The summed E-state index contributed by atoms with van der Waals surface area (Å²) in [5.74, 6) is -0.0537. The van der Waals surface area contributed by atoms with E-state index in [2.05, 4.69) is 28.2 Å². The van der Waals surface area contributed by atoms with Crippen LogP contribution in [0.15, 0.2) is 47.1 Å². The second-order valence-corrected chi connectivity index (χ2v) is 8.60. The number of benzene rings is 1. The summed E-state index contributed by atoms with van der Waals surface area (Å²) in [5.41, 5.74) is 1.75. The number of nitrogens with zero attached hydrogens (tertiary/aromatic N) is 3. The van der Waals surface area contributed by atoms with Crippen molar-refractivity contribution >= 4 is 33.6 Å². The van der Waals surface area contributed by atoms with E-state index in [1.54, 1.807) is 4.90 Å². The first-order valence-corrected chi connectivity index (χ1v) is 12.0. The quantitative estimate of drug-likeness (QED) is 0.393. The number of hydrogen-bond donors (Lipinski definition) is 1. The molecule has 0 aliphatic rings. The van der Waals surface area contributed by atoms with Crippen LogP contribution in [0, 0.1) is 0 Å². The lowest BCUT2D eigenvalue weighted by Gasteiger charge is -2.28. The SMILES string of the molecule is CCCCN(Cc1cccn1C)C(=O)CN(CCCOCC)C(=O)Nc1ccc(Br)cc1. The molecule has 0 unspecified atom stereocenters. The van der Waals surface area contributed by atoms with Crippen LogP contribution >= 0.6 is 15.9 Å². The standard InChI is InChI=1S/C24H35BrN4O3/c1-4-6-15-28(18-22-9-7-14-27(22)3)23(30)19-29(16-8-17-32-5-2)24(31)26-21-12-10-20(25)11-13-21/h7,9-14H,4-6,8,15-19H2,1-3H3,(H,26,31). The molecule has 0 fully saturated rings. The van der Waals surface area contributed by atoms with E-state index in [0.717, 1.165) is 23.0 Å². The zero-order valence-electron chi connectivity index (χ0n) is 19.3. The monoisotopic (exact) mass is 506 g/mol. The second kappa shape index (κ2) is 14.0. The van der Waals surface area contributed by atoms with Gasteiger partial charge in [-0.3, -0.25) is 4.79 Å². The number of unbranched alkanes of at least 4 members (excludes halogenated alkanes) is 1. The van der Waals surface area contributed by atoms with E-state index in [0.29, 0.717) is 45.0 Å². The number of anilines is 1. The number of aryl methyl sites for hydroxylation is 1. The van der Waals surface area contributed by atoms with Crippen LogP contribution in [-0.2, 0) is 23.1 Å². The Bertz CT molecular complexity index is 838. The highest BCUT2D eigenvalue weighted by Gasteiger charge is 2.22. The number of ether oxygens (including phenoxy) is 1. The van der Waals surface area contributed by atoms with Gasteiger partial charge in [0.2, 0.25) is 5.91 Å². The highest BCUT2D eigenvalue weighted by molar-refractivity contribution is 9.10. The number of amides is 3. The van der Waals surface area contributed by atoms with Gasteiger partial charge in [-0.05, 0) is 56.2 Å². The Kier molecular flexibility index (Phi) is 11.3. The first-order valence-electron chi connectivity index (χ1n) is 11.2. The van der Waals surface area contributed by atoms with Gasteiger partial charge in [-0.1, -0.05) is 29.3 Å². The van der Waals surface area contributed by atoms with E-state index in [1.165, 1.54) is 0 Å². The lowest BCUT2D eigenvalue weighted by molar-refractivity contribution is -0.132. The summed E-state index contributed by atoms with van der Waals surface area (Å²) in [6.07, 6.45) is 4.57. The fourth-order valence-electron chi connectivity index (χ4n) is 3.25. The van der Waals surface area contributed by atoms with Crippen molar-refractivity contribution in [1.82, 2.24) is 14.4 Å². The maximum atomic E-state index is 13.2. The van der Waals surface area contributed by atoms with Crippen molar-refractivity contribution in [2.45, 2.75) is 39.7 Å². The van der Waals surface area contributed by atoms with Crippen LogP contribution in [0.5, 0.6) is 0 Å². The number of carbonyl (C=O) groups excluding carboxylic acids is 2. The first kappa shape index (κ1) is 25.9. The van der Waals surface area contributed by atoms with Crippen LogP contribution < -0.4 is 5.32 Å². The van der Waals surface area contributed by atoms with Gasteiger partial charge >= 0.3 is 6.03 Å². The molecule has 8 heteroatoms. The molecule has 0 bridgehead atoms. The number of rotatable bonds is 13. The Morgan fingerprint density at radius 3 is 2.41 bits per heavy atom. The molecule has 7 nitrogen and oxygen atoms in total. The predicted molar refractivity (Wildman–Crippen MR) is 132 cm³/mol.